The van der Waals surface area contributed by atoms with Crippen LogP contribution in [0.25, 0.3) is 0 Å². The van der Waals surface area contributed by atoms with E-state index in [4.69, 9.17) is 12.2 Å². The van der Waals surface area contributed by atoms with Crippen molar-refractivity contribution in [2.75, 3.05) is 31.1 Å². The van der Waals surface area contributed by atoms with E-state index in [1.807, 2.05) is 6.07 Å². The van der Waals surface area contributed by atoms with Gasteiger partial charge in [0, 0.05) is 44.6 Å². The molecule has 1 aromatic heterocycles. The van der Waals surface area contributed by atoms with Crippen LogP contribution in [0.2, 0.25) is 0 Å². The molecule has 3 atom stereocenters. The number of anilines is 1. The summed E-state index contributed by atoms with van der Waals surface area (Å²) in [6, 6.07) is 2.48. The third-order valence-electron chi connectivity index (χ3n) is 5.45. The molecule has 1 aliphatic heterocycles. The van der Waals surface area contributed by atoms with Gasteiger partial charge in [-0.1, -0.05) is 6.42 Å². The minimum Gasteiger partial charge on any atom is -0.360 e. The highest BCUT2D eigenvalue weighted by atomic mass is 32.1. The van der Waals surface area contributed by atoms with Crippen molar-refractivity contribution in [3.8, 4) is 0 Å². The zero-order chi connectivity index (χ0) is 14.9. The maximum Gasteiger partial charge on any atom is 0.225 e. The molecule has 1 N–H and O–H groups in total. The number of piperazine rings is 1. The summed E-state index contributed by atoms with van der Waals surface area (Å²) in [5.74, 6) is 2.65. The average molecular weight is 317 g/mol. The average Bonchev–Trinajstić information content (AvgIpc) is 3.19. The molecule has 1 aromatic rings. The molecule has 2 heterocycles. The molecule has 4 rings (SSSR count). The van der Waals surface area contributed by atoms with E-state index in [1.165, 1.54) is 25.7 Å². The number of hydrogen-bond acceptors (Lipinski definition) is 4. The van der Waals surface area contributed by atoms with Crippen molar-refractivity contribution in [2.45, 2.75) is 31.7 Å². The largest absolute Gasteiger partial charge is 0.360 e. The van der Waals surface area contributed by atoms with Gasteiger partial charge >= 0.3 is 0 Å². The molecule has 5 nitrogen and oxygen atoms in total. The number of nitrogens with zero attached hydrogens (tertiary/aromatic N) is 4. The summed E-state index contributed by atoms with van der Waals surface area (Å²) >= 11 is 5.65. The van der Waals surface area contributed by atoms with Crippen LogP contribution in [0, 0.1) is 11.8 Å². The second kappa shape index (κ2) is 5.99. The molecule has 3 aliphatic rings. The lowest BCUT2D eigenvalue weighted by atomic mass is 9.95. The predicted molar refractivity (Wildman–Crippen MR) is 90.8 cm³/mol. The highest BCUT2D eigenvalue weighted by Crippen LogP contribution is 2.44. The zero-order valence-electron chi connectivity index (χ0n) is 12.8. The van der Waals surface area contributed by atoms with E-state index in [2.05, 4.69) is 25.1 Å². The molecular weight excluding hydrogens is 294 g/mol. The van der Waals surface area contributed by atoms with E-state index in [0.29, 0.717) is 6.04 Å². The van der Waals surface area contributed by atoms with Crippen LogP contribution in [-0.4, -0.2) is 52.2 Å². The van der Waals surface area contributed by atoms with Gasteiger partial charge in [0.25, 0.3) is 0 Å². The maximum atomic E-state index is 5.65. The molecule has 0 radical (unpaired) electrons. The van der Waals surface area contributed by atoms with Crippen molar-refractivity contribution in [2.24, 2.45) is 11.8 Å². The van der Waals surface area contributed by atoms with Crippen LogP contribution in [0.3, 0.4) is 0 Å². The van der Waals surface area contributed by atoms with Crippen molar-refractivity contribution >= 4 is 23.3 Å². The molecule has 6 heteroatoms. The zero-order valence-corrected chi connectivity index (χ0v) is 13.6. The van der Waals surface area contributed by atoms with Gasteiger partial charge in [-0.25, -0.2) is 9.97 Å². The van der Waals surface area contributed by atoms with Crippen molar-refractivity contribution in [1.82, 2.24) is 20.2 Å². The van der Waals surface area contributed by atoms with E-state index < -0.39 is 0 Å². The smallest absolute Gasteiger partial charge is 0.225 e. The summed E-state index contributed by atoms with van der Waals surface area (Å²) in [5, 5.41) is 4.59. The van der Waals surface area contributed by atoms with E-state index in [1.54, 1.807) is 12.4 Å². The fourth-order valence-corrected chi connectivity index (χ4v) is 4.57. The van der Waals surface area contributed by atoms with Crippen LogP contribution in [0.5, 0.6) is 0 Å². The van der Waals surface area contributed by atoms with Crippen LogP contribution in [0.4, 0.5) is 5.95 Å². The Morgan fingerprint density at radius 3 is 2.50 bits per heavy atom. The van der Waals surface area contributed by atoms with Crippen molar-refractivity contribution in [3.05, 3.63) is 18.5 Å². The fourth-order valence-electron chi connectivity index (χ4n) is 4.24. The van der Waals surface area contributed by atoms with E-state index in [-0.39, 0.29) is 0 Å². The van der Waals surface area contributed by atoms with E-state index in [9.17, 15) is 0 Å². The monoisotopic (exact) mass is 317 g/mol. The van der Waals surface area contributed by atoms with Crippen molar-refractivity contribution in [3.63, 3.8) is 0 Å². The Morgan fingerprint density at radius 1 is 1.09 bits per heavy atom. The van der Waals surface area contributed by atoms with Crippen LogP contribution in [0.1, 0.15) is 25.7 Å². The number of nitrogens with one attached hydrogen (secondary N) is 1. The van der Waals surface area contributed by atoms with Gasteiger partial charge in [0.2, 0.25) is 5.95 Å². The second-order valence-electron chi connectivity index (χ2n) is 6.75. The maximum absolute atomic E-state index is 5.65. The summed E-state index contributed by atoms with van der Waals surface area (Å²) in [7, 11) is 0. The molecule has 0 spiro atoms. The number of fused-ring (bicyclic) bond motifs is 2. The Kier molecular flexibility index (Phi) is 3.86. The summed E-state index contributed by atoms with van der Waals surface area (Å²) in [6.45, 7) is 3.76. The number of aromatic nitrogens is 2. The summed E-state index contributed by atoms with van der Waals surface area (Å²) in [5.41, 5.74) is 0. The van der Waals surface area contributed by atoms with Gasteiger partial charge in [-0.05, 0) is 49.4 Å². The lowest BCUT2D eigenvalue weighted by Gasteiger charge is -2.37. The van der Waals surface area contributed by atoms with Gasteiger partial charge in [-0.3, -0.25) is 0 Å². The molecule has 2 aliphatic carbocycles. The molecule has 0 unspecified atom stereocenters. The van der Waals surface area contributed by atoms with Gasteiger partial charge < -0.3 is 15.1 Å². The van der Waals surface area contributed by atoms with Crippen LogP contribution >= 0.6 is 12.2 Å². The molecule has 1 saturated heterocycles. The van der Waals surface area contributed by atoms with E-state index in [0.717, 1.165) is 49.1 Å². The number of hydrogen-bond donors (Lipinski definition) is 1. The topological polar surface area (TPSA) is 44.3 Å². The van der Waals surface area contributed by atoms with Crippen molar-refractivity contribution < 1.29 is 0 Å². The van der Waals surface area contributed by atoms with Gasteiger partial charge in [-0.15, -0.1) is 0 Å². The quantitative estimate of drug-likeness (QED) is 0.837. The minimum absolute atomic E-state index is 0.627. The summed E-state index contributed by atoms with van der Waals surface area (Å²) in [4.78, 5) is 13.2. The first-order valence-corrected chi connectivity index (χ1v) is 8.78. The first-order valence-electron chi connectivity index (χ1n) is 8.37. The number of rotatable bonds is 2. The third kappa shape index (κ3) is 2.76. The normalized spacial score (nSPS) is 30.6. The summed E-state index contributed by atoms with van der Waals surface area (Å²) in [6.07, 6.45) is 9.17. The Bertz CT molecular complexity index is 529. The third-order valence-corrected chi connectivity index (χ3v) is 5.82. The highest BCUT2D eigenvalue weighted by molar-refractivity contribution is 7.80. The first kappa shape index (κ1) is 14.2. The van der Waals surface area contributed by atoms with Crippen molar-refractivity contribution in [1.29, 1.82) is 0 Å². The highest BCUT2D eigenvalue weighted by Gasteiger charge is 2.40. The number of thiocarbonyl (C=S) groups is 1. The Balaban J connectivity index is 1.29. The lowest BCUT2D eigenvalue weighted by molar-refractivity contribution is 0.344. The van der Waals surface area contributed by atoms with E-state index >= 15 is 0 Å². The van der Waals surface area contributed by atoms with Gasteiger partial charge in [0.05, 0.1) is 0 Å². The predicted octanol–water partition coefficient (Wildman–Crippen LogP) is 1.66. The molecule has 22 heavy (non-hydrogen) atoms. The van der Waals surface area contributed by atoms with Gasteiger partial charge in [0.1, 0.15) is 0 Å². The molecule has 118 valence electrons. The molecule has 3 fully saturated rings. The molecule has 0 amide bonds. The van der Waals surface area contributed by atoms with Crippen LogP contribution in [0.15, 0.2) is 18.5 Å². The molecule has 2 saturated carbocycles. The molecule has 0 aromatic carbocycles. The molecule has 2 bridgehead atoms. The molecular formula is C16H23N5S. The SMILES string of the molecule is S=C(N[C@@H]1C[C@@H]2CC[C@@H]1C2)N1CCN(c2ncccn2)CC1. The van der Waals surface area contributed by atoms with Crippen LogP contribution in [-0.2, 0) is 0 Å². The Morgan fingerprint density at radius 2 is 1.86 bits per heavy atom. The Hall–Kier alpha value is -1.43. The minimum atomic E-state index is 0.627. The lowest BCUT2D eigenvalue weighted by Crippen LogP contribution is -2.54. The summed E-state index contributed by atoms with van der Waals surface area (Å²) < 4.78 is 0. The fraction of sp³-hybridized carbons (Fsp3) is 0.688. The Labute approximate surface area is 137 Å². The van der Waals surface area contributed by atoms with Gasteiger partial charge in [-0.2, -0.15) is 0 Å². The van der Waals surface area contributed by atoms with Crippen LogP contribution < -0.4 is 10.2 Å². The standard InChI is InChI=1S/C16H23N5S/c22-16(19-14-11-12-2-3-13(14)10-12)21-8-6-20(7-9-21)15-17-4-1-5-18-15/h1,4-5,12-14H,2-3,6-11H2,(H,19,22)/t12-,13-,14-/m1/s1. The second-order valence-corrected chi connectivity index (χ2v) is 7.14. The first-order chi connectivity index (χ1) is 10.8. The van der Waals surface area contributed by atoms with Gasteiger partial charge in [0.15, 0.2) is 5.11 Å².